The number of hydrogen-bond donors (Lipinski definition) is 0. The van der Waals surface area contributed by atoms with E-state index in [0.29, 0.717) is 16.1 Å². The predicted octanol–water partition coefficient (Wildman–Crippen LogP) is 3.59. The maximum atomic E-state index is 12.5. The molecule has 0 aromatic heterocycles. The molecular formula is C16H12ClO2. The lowest BCUT2D eigenvalue weighted by atomic mass is 9.96. The summed E-state index contributed by atoms with van der Waals surface area (Å²) in [7, 11) is 0. The van der Waals surface area contributed by atoms with Crippen molar-refractivity contribution in [2.75, 3.05) is 0 Å². The third-order valence-corrected chi connectivity index (χ3v) is 3.29. The highest BCUT2D eigenvalue weighted by molar-refractivity contribution is 6.35. The van der Waals surface area contributed by atoms with Crippen LogP contribution in [0.25, 0.3) is 0 Å². The van der Waals surface area contributed by atoms with E-state index in [0.717, 1.165) is 12.0 Å². The summed E-state index contributed by atoms with van der Waals surface area (Å²) in [5.41, 5.74) is 2.01. The van der Waals surface area contributed by atoms with Crippen LogP contribution in [0.15, 0.2) is 42.5 Å². The highest BCUT2D eigenvalue weighted by atomic mass is 35.5. The van der Waals surface area contributed by atoms with Crippen LogP contribution < -0.4 is 0 Å². The van der Waals surface area contributed by atoms with Gasteiger partial charge in [0.05, 0.1) is 5.02 Å². The third-order valence-electron chi connectivity index (χ3n) is 2.97. The summed E-state index contributed by atoms with van der Waals surface area (Å²) in [4.78, 5) is 23.4. The van der Waals surface area contributed by atoms with Crippen molar-refractivity contribution in [3.63, 3.8) is 0 Å². The zero-order chi connectivity index (χ0) is 13.8. The van der Waals surface area contributed by atoms with Gasteiger partial charge in [-0.05, 0) is 36.2 Å². The molecule has 2 aromatic rings. The lowest BCUT2D eigenvalue weighted by Gasteiger charge is -2.07. The van der Waals surface area contributed by atoms with Gasteiger partial charge in [0.1, 0.15) is 0 Å². The Kier molecular flexibility index (Phi) is 4.13. The van der Waals surface area contributed by atoms with Crippen LogP contribution in [0.5, 0.6) is 0 Å². The molecule has 0 saturated heterocycles. The monoisotopic (exact) mass is 271 g/mol. The molecule has 3 heteroatoms. The first kappa shape index (κ1) is 13.5. The second-order valence-electron chi connectivity index (χ2n) is 4.14. The van der Waals surface area contributed by atoms with Crippen LogP contribution in [-0.4, -0.2) is 12.1 Å². The summed E-state index contributed by atoms with van der Waals surface area (Å²) >= 11 is 6.02. The van der Waals surface area contributed by atoms with Gasteiger partial charge in [-0.3, -0.25) is 9.59 Å². The fourth-order valence-corrected chi connectivity index (χ4v) is 2.10. The molecule has 2 aromatic carbocycles. The minimum absolute atomic E-state index is 0.251. The van der Waals surface area contributed by atoms with Crippen LogP contribution >= 0.6 is 11.6 Å². The van der Waals surface area contributed by atoms with Gasteiger partial charge in [0.25, 0.3) is 0 Å². The van der Waals surface area contributed by atoms with E-state index in [4.69, 9.17) is 11.6 Å². The van der Waals surface area contributed by atoms with E-state index < -0.39 is 0 Å². The van der Waals surface area contributed by atoms with Gasteiger partial charge in [-0.1, -0.05) is 36.7 Å². The summed E-state index contributed by atoms with van der Waals surface area (Å²) in [5.74, 6) is -0.251. The Hall–Kier alpha value is -1.93. The normalized spacial score (nSPS) is 10.2. The average Bonchev–Trinajstić information content (AvgIpc) is 2.46. The molecule has 0 amide bonds. The Balaban J connectivity index is 2.54. The Morgan fingerprint density at radius 1 is 1.16 bits per heavy atom. The van der Waals surface area contributed by atoms with E-state index in [9.17, 15) is 9.59 Å². The highest BCUT2D eigenvalue weighted by Gasteiger charge is 2.16. The molecule has 19 heavy (non-hydrogen) atoms. The molecule has 0 heterocycles. The fraction of sp³-hybridized carbons (Fsp3) is 0.125. The molecule has 0 fully saturated rings. The number of rotatable bonds is 4. The van der Waals surface area contributed by atoms with Crippen LogP contribution in [0.2, 0.25) is 5.02 Å². The summed E-state index contributed by atoms with van der Waals surface area (Å²) < 4.78 is 0. The molecule has 2 nitrogen and oxygen atoms in total. The smallest absolute Gasteiger partial charge is 0.234 e. The van der Waals surface area contributed by atoms with Gasteiger partial charge >= 0.3 is 0 Å². The van der Waals surface area contributed by atoms with Gasteiger partial charge in [-0.25, -0.2) is 0 Å². The first-order valence-electron chi connectivity index (χ1n) is 5.97. The second kappa shape index (κ2) is 5.81. The molecule has 0 unspecified atom stereocenters. The number of carbonyl (C=O) groups is 1. The van der Waals surface area contributed by atoms with E-state index in [-0.39, 0.29) is 11.3 Å². The highest BCUT2D eigenvalue weighted by Crippen LogP contribution is 2.21. The Labute approximate surface area is 117 Å². The minimum Gasteiger partial charge on any atom is -0.289 e. The summed E-state index contributed by atoms with van der Waals surface area (Å²) in [6, 6.07) is 12.0. The number of hydrogen-bond acceptors (Lipinski definition) is 2. The van der Waals surface area contributed by atoms with Crippen molar-refractivity contribution in [1.29, 1.82) is 0 Å². The molecule has 0 bridgehead atoms. The largest absolute Gasteiger partial charge is 0.289 e. The molecule has 0 aliphatic carbocycles. The zero-order valence-electron chi connectivity index (χ0n) is 10.4. The minimum atomic E-state index is -0.251. The summed E-state index contributed by atoms with van der Waals surface area (Å²) in [6.45, 7) is 1.99. The fourth-order valence-electron chi connectivity index (χ4n) is 1.88. The Bertz CT molecular complexity index is 632. The first-order chi connectivity index (χ1) is 9.17. The van der Waals surface area contributed by atoms with E-state index in [1.54, 1.807) is 42.7 Å². The van der Waals surface area contributed by atoms with E-state index in [1.807, 2.05) is 13.0 Å². The first-order valence-corrected chi connectivity index (χ1v) is 6.35. The zero-order valence-corrected chi connectivity index (χ0v) is 11.2. The molecule has 0 N–H and O–H groups in total. The van der Waals surface area contributed by atoms with Crippen LogP contribution in [0, 0.1) is 0 Å². The Morgan fingerprint density at radius 2 is 1.89 bits per heavy atom. The van der Waals surface area contributed by atoms with Crippen molar-refractivity contribution in [1.82, 2.24) is 0 Å². The van der Waals surface area contributed by atoms with Gasteiger partial charge in [-0.2, -0.15) is 0 Å². The van der Waals surface area contributed by atoms with Crippen LogP contribution in [0.1, 0.15) is 34.0 Å². The van der Waals surface area contributed by atoms with Gasteiger partial charge in [0.15, 0.2) is 5.78 Å². The number of aryl methyl sites for hydroxylation is 1. The topological polar surface area (TPSA) is 34.1 Å². The molecular weight excluding hydrogens is 260 g/mol. The standard InChI is InChI=1S/C16H12ClO2/c1-2-11-7-8-12(10-18)14(9-11)16(19)13-5-3-4-6-15(13)17/h3-9H,2H2,1H3. The van der Waals surface area contributed by atoms with E-state index >= 15 is 0 Å². The molecule has 0 aliphatic heterocycles. The van der Waals surface area contributed by atoms with Crippen molar-refractivity contribution >= 4 is 23.7 Å². The van der Waals surface area contributed by atoms with Crippen LogP contribution in [0.3, 0.4) is 0 Å². The number of benzene rings is 2. The molecule has 0 spiro atoms. The Morgan fingerprint density at radius 3 is 2.53 bits per heavy atom. The summed E-state index contributed by atoms with van der Waals surface area (Å²) in [5, 5.41) is 0.381. The number of halogens is 1. The summed E-state index contributed by atoms with van der Waals surface area (Å²) in [6.07, 6.45) is 2.60. The SMILES string of the molecule is CCc1ccc([C]=O)c(C(=O)c2ccccc2Cl)c1. The number of carbonyl (C=O) groups excluding carboxylic acids is 2. The molecule has 0 aliphatic rings. The third kappa shape index (κ3) is 2.74. The second-order valence-corrected chi connectivity index (χ2v) is 4.55. The quantitative estimate of drug-likeness (QED) is 0.797. The van der Waals surface area contributed by atoms with Gasteiger partial charge in [0, 0.05) is 16.7 Å². The van der Waals surface area contributed by atoms with Gasteiger partial charge in [0.2, 0.25) is 6.29 Å². The molecule has 2 rings (SSSR count). The van der Waals surface area contributed by atoms with Gasteiger partial charge in [-0.15, -0.1) is 0 Å². The predicted molar refractivity (Wildman–Crippen MR) is 75.5 cm³/mol. The molecule has 1 radical (unpaired) electrons. The van der Waals surface area contributed by atoms with Crippen molar-refractivity contribution in [2.24, 2.45) is 0 Å². The van der Waals surface area contributed by atoms with E-state index in [1.165, 1.54) is 0 Å². The average molecular weight is 272 g/mol. The van der Waals surface area contributed by atoms with Crippen LogP contribution in [-0.2, 0) is 11.2 Å². The lowest BCUT2D eigenvalue weighted by Crippen LogP contribution is -2.06. The maximum absolute atomic E-state index is 12.5. The van der Waals surface area contributed by atoms with Gasteiger partial charge < -0.3 is 0 Å². The maximum Gasteiger partial charge on any atom is 0.234 e. The van der Waals surface area contributed by atoms with Crippen LogP contribution in [0.4, 0.5) is 0 Å². The van der Waals surface area contributed by atoms with Crippen molar-refractivity contribution < 1.29 is 9.59 Å². The lowest BCUT2D eigenvalue weighted by molar-refractivity contribution is 0.103. The van der Waals surface area contributed by atoms with Crippen molar-refractivity contribution in [3.05, 3.63) is 69.7 Å². The van der Waals surface area contributed by atoms with E-state index in [2.05, 4.69) is 0 Å². The van der Waals surface area contributed by atoms with Crippen molar-refractivity contribution in [2.45, 2.75) is 13.3 Å². The van der Waals surface area contributed by atoms with Crippen molar-refractivity contribution in [3.8, 4) is 0 Å². The molecule has 0 saturated carbocycles. The number of ketones is 1. The molecule has 95 valence electrons. The molecule has 0 atom stereocenters.